The Kier molecular flexibility index (Phi) is 6.73. The molecule has 1 aliphatic carbocycles. The van der Waals surface area contributed by atoms with E-state index in [1.807, 2.05) is 0 Å². The topological polar surface area (TPSA) is 17.1 Å². The van der Waals surface area contributed by atoms with E-state index in [2.05, 4.69) is 46.8 Å². The third-order valence-electron chi connectivity index (χ3n) is 4.32. The average molecular weight is 297 g/mol. The number of benzene rings is 1. The van der Waals surface area contributed by atoms with E-state index >= 15 is 0 Å². The molecule has 1 aliphatic rings. The molecule has 1 radical (unpaired) electrons. The van der Waals surface area contributed by atoms with Crippen LogP contribution < -0.4 is 0 Å². The van der Waals surface area contributed by atoms with Gasteiger partial charge in [0.2, 0.25) is 0 Å². The third-order valence-corrected chi connectivity index (χ3v) is 5.81. The number of carbonyl (C=O) groups excluding carboxylic acids is 1. The van der Waals surface area contributed by atoms with Gasteiger partial charge in [-0.25, -0.2) is 0 Å². The Morgan fingerprint density at radius 1 is 1.10 bits per heavy atom. The molecular weight excluding hydrogens is 270 g/mol. The van der Waals surface area contributed by atoms with Gasteiger partial charge in [0, 0.05) is 24.4 Å². The second kappa shape index (κ2) is 7.46. The fourth-order valence-electron chi connectivity index (χ4n) is 3.08. The number of aryl methyl sites for hydroxylation is 2. The first kappa shape index (κ1) is 19.0. The molecule has 0 bridgehead atoms. The standard InChI is InChI=1S/C18H27OP.Li/c1-12-10-14(18(3,4)5)11-13(2)16(12)17(19)20-15-8-6-7-9-15;/h10-11,15,20H,6-9H2,1-5H3;. The van der Waals surface area contributed by atoms with Gasteiger partial charge in [0.1, 0.15) is 0 Å². The van der Waals surface area contributed by atoms with E-state index in [4.69, 9.17) is 0 Å². The summed E-state index contributed by atoms with van der Waals surface area (Å²) in [6.45, 7) is 10.9. The zero-order valence-corrected chi connectivity index (χ0v) is 15.5. The van der Waals surface area contributed by atoms with Crippen LogP contribution in [0.2, 0.25) is 0 Å². The molecule has 0 aromatic heterocycles. The van der Waals surface area contributed by atoms with Crippen LogP contribution in [0, 0.1) is 13.8 Å². The Labute approximate surface area is 143 Å². The van der Waals surface area contributed by atoms with Crippen molar-refractivity contribution in [3.8, 4) is 0 Å². The maximum Gasteiger partial charge on any atom is 0.181 e. The molecule has 0 N–H and O–H groups in total. The smallest absolute Gasteiger partial charge is 0.181 e. The van der Waals surface area contributed by atoms with Gasteiger partial charge in [0.15, 0.2) is 5.52 Å². The molecule has 21 heavy (non-hydrogen) atoms. The first-order valence-corrected chi connectivity index (χ1v) is 8.79. The van der Waals surface area contributed by atoms with Crippen molar-refractivity contribution in [1.82, 2.24) is 0 Å². The SMILES string of the molecule is Cc1cc(C(C)(C)C)cc(C)c1C(=O)PC1CCCC1.[Li]. The zero-order valence-electron chi connectivity index (χ0n) is 14.5. The molecule has 1 nitrogen and oxygen atoms in total. The molecule has 0 spiro atoms. The summed E-state index contributed by atoms with van der Waals surface area (Å²) in [6, 6.07) is 4.42. The van der Waals surface area contributed by atoms with Crippen molar-refractivity contribution in [3.05, 3.63) is 34.4 Å². The molecule has 3 heteroatoms. The van der Waals surface area contributed by atoms with Crippen LogP contribution in [0.4, 0.5) is 0 Å². The van der Waals surface area contributed by atoms with Gasteiger partial charge in [-0.15, -0.1) is 0 Å². The van der Waals surface area contributed by atoms with Crippen molar-refractivity contribution in [3.63, 3.8) is 0 Å². The van der Waals surface area contributed by atoms with Gasteiger partial charge in [-0.3, -0.25) is 4.79 Å². The molecule has 0 amide bonds. The van der Waals surface area contributed by atoms with E-state index in [0.717, 1.165) is 16.7 Å². The van der Waals surface area contributed by atoms with Crippen molar-refractivity contribution < 1.29 is 4.79 Å². The maximum atomic E-state index is 12.6. The van der Waals surface area contributed by atoms with Crippen LogP contribution in [0.15, 0.2) is 12.1 Å². The van der Waals surface area contributed by atoms with Crippen LogP contribution in [-0.2, 0) is 5.41 Å². The van der Waals surface area contributed by atoms with Gasteiger partial charge in [-0.05, 0) is 63.0 Å². The Bertz CT molecular complexity index is 487. The van der Waals surface area contributed by atoms with E-state index < -0.39 is 0 Å². The molecule has 0 saturated heterocycles. The summed E-state index contributed by atoms with van der Waals surface area (Å²) in [7, 11) is 0.474. The van der Waals surface area contributed by atoms with E-state index in [9.17, 15) is 4.79 Å². The molecule has 1 aromatic carbocycles. The molecule has 111 valence electrons. The van der Waals surface area contributed by atoms with Crippen LogP contribution in [0.5, 0.6) is 0 Å². The summed E-state index contributed by atoms with van der Waals surface area (Å²) in [5.41, 5.74) is 5.81. The van der Waals surface area contributed by atoms with Gasteiger partial charge >= 0.3 is 0 Å². The van der Waals surface area contributed by atoms with Gasteiger partial charge < -0.3 is 0 Å². The van der Waals surface area contributed by atoms with E-state index in [1.54, 1.807) is 0 Å². The monoisotopic (exact) mass is 297 g/mol. The number of carbonyl (C=O) groups is 1. The van der Waals surface area contributed by atoms with Gasteiger partial charge in [0.05, 0.1) is 0 Å². The van der Waals surface area contributed by atoms with Crippen LogP contribution in [-0.4, -0.2) is 30.0 Å². The summed E-state index contributed by atoms with van der Waals surface area (Å²) in [5.74, 6) is 0. The predicted octanol–water partition coefficient (Wildman–Crippen LogP) is 4.98. The molecule has 1 saturated carbocycles. The molecule has 1 aromatic rings. The normalized spacial score (nSPS) is 16.4. The largest absolute Gasteiger partial charge is 0.289 e. The molecule has 0 heterocycles. The van der Waals surface area contributed by atoms with Crippen LogP contribution >= 0.6 is 8.58 Å². The Morgan fingerprint density at radius 3 is 2.00 bits per heavy atom. The van der Waals surface area contributed by atoms with Gasteiger partial charge in [-0.1, -0.05) is 45.7 Å². The van der Waals surface area contributed by atoms with Crippen LogP contribution in [0.25, 0.3) is 0 Å². The summed E-state index contributed by atoms with van der Waals surface area (Å²) in [6.07, 6.45) is 5.13. The van der Waals surface area contributed by atoms with Crippen molar-refractivity contribution >= 4 is 33.0 Å². The van der Waals surface area contributed by atoms with Crippen molar-refractivity contribution in [2.24, 2.45) is 0 Å². The minimum Gasteiger partial charge on any atom is -0.289 e. The van der Waals surface area contributed by atoms with Crippen molar-refractivity contribution in [1.29, 1.82) is 0 Å². The average Bonchev–Trinajstić information content (AvgIpc) is 2.79. The van der Waals surface area contributed by atoms with E-state index in [-0.39, 0.29) is 24.3 Å². The fraction of sp³-hybridized carbons (Fsp3) is 0.611. The third kappa shape index (κ3) is 4.69. The zero-order chi connectivity index (χ0) is 14.9. The number of hydrogen-bond acceptors (Lipinski definition) is 1. The summed E-state index contributed by atoms with van der Waals surface area (Å²) in [4.78, 5) is 12.6. The second-order valence-corrected chi connectivity index (χ2v) is 8.75. The Balaban J connectivity index is 0.00000220. The van der Waals surface area contributed by atoms with Gasteiger partial charge in [0.25, 0.3) is 0 Å². The summed E-state index contributed by atoms with van der Waals surface area (Å²) < 4.78 is 0. The predicted molar refractivity (Wildman–Crippen MR) is 95.3 cm³/mol. The summed E-state index contributed by atoms with van der Waals surface area (Å²) >= 11 is 0. The van der Waals surface area contributed by atoms with E-state index in [1.165, 1.54) is 31.2 Å². The molecule has 1 atom stereocenters. The first-order valence-electron chi connectivity index (χ1n) is 7.71. The number of hydrogen-bond donors (Lipinski definition) is 0. The Morgan fingerprint density at radius 2 is 1.57 bits per heavy atom. The van der Waals surface area contributed by atoms with Crippen LogP contribution in [0.3, 0.4) is 0 Å². The minimum atomic E-state index is 0. The van der Waals surface area contributed by atoms with E-state index in [0.29, 0.717) is 19.8 Å². The van der Waals surface area contributed by atoms with Crippen molar-refractivity contribution in [2.75, 3.05) is 0 Å². The molecule has 1 unspecified atom stereocenters. The van der Waals surface area contributed by atoms with Crippen LogP contribution in [0.1, 0.15) is 73.5 Å². The van der Waals surface area contributed by atoms with Gasteiger partial charge in [-0.2, -0.15) is 0 Å². The number of rotatable bonds is 3. The van der Waals surface area contributed by atoms with Crippen molar-refractivity contribution in [2.45, 2.75) is 71.4 Å². The second-order valence-electron chi connectivity index (χ2n) is 7.19. The molecule has 2 rings (SSSR count). The molecule has 1 fully saturated rings. The summed E-state index contributed by atoms with van der Waals surface area (Å²) in [5, 5.41) is 0. The molecular formula is C18H27LiOP. The first-order chi connectivity index (χ1) is 9.29. The Hall–Kier alpha value is -0.0826. The maximum absolute atomic E-state index is 12.6. The quantitative estimate of drug-likeness (QED) is 0.568. The fourth-order valence-corrected chi connectivity index (χ4v) is 4.69. The molecule has 0 aliphatic heterocycles. The minimum absolute atomic E-state index is 0.